The van der Waals surface area contributed by atoms with Crippen molar-refractivity contribution in [3.8, 4) is 0 Å². The van der Waals surface area contributed by atoms with Gasteiger partial charge in [-0.15, -0.1) is 11.3 Å². The molecule has 25 heavy (non-hydrogen) atoms. The maximum absolute atomic E-state index is 12.3. The number of thiophene rings is 1. The number of anilines is 1. The molecule has 2 N–H and O–H groups in total. The average molecular weight is 350 g/mol. The number of amides is 1. The molecule has 3 aromatic rings. The molecule has 3 nitrogen and oxygen atoms in total. The lowest BCUT2D eigenvalue weighted by molar-refractivity contribution is -0.115. The second-order valence-electron chi connectivity index (χ2n) is 5.84. The standard InChI is InChI=1S/C21H22N2OS/c1-2-16-8-6-11-18(14-16)23-20(24)15-22-21(19-12-7-13-25-19)17-9-4-3-5-10-17/h3-14,21-22H,2,15H2,1H3,(H,23,24)/t21-/m1/s1. The second kappa shape index (κ2) is 8.60. The summed E-state index contributed by atoms with van der Waals surface area (Å²) in [5, 5.41) is 8.41. The Labute approximate surface area is 152 Å². The molecule has 1 aromatic heterocycles. The Bertz CT molecular complexity index is 800. The maximum Gasteiger partial charge on any atom is 0.238 e. The van der Waals surface area contributed by atoms with Gasteiger partial charge in [0.15, 0.2) is 0 Å². The van der Waals surface area contributed by atoms with Gasteiger partial charge in [-0.2, -0.15) is 0 Å². The van der Waals surface area contributed by atoms with E-state index in [1.54, 1.807) is 11.3 Å². The van der Waals surface area contributed by atoms with E-state index >= 15 is 0 Å². The highest BCUT2D eigenvalue weighted by Crippen LogP contribution is 2.25. The highest BCUT2D eigenvalue weighted by Gasteiger charge is 2.15. The fraction of sp³-hybridized carbons (Fsp3) is 0.190. The number of rotatable bonds is 7. The van der Waals surface area contributed by atoms with Gasteiger partial charge in [-0.05, 0) is 41.1 Å². The van der Waals surface area contributed by atoms with Crippen LogP contribution in [0.25, 0.3) is 0 Å². The largest absolute Gasteiger partial charge is 0.325 e. The Hall–Kier alpha value is -2.43. The molecule has 0 aliphatic heterocycles. The molecule has 0 aliphatic carbocycles. The van der Waals surface area contributed by atoms with Gasteiger partial charge in [-0.25, -0.2) is 0 Å². The summed E-state index contributed by atoms with van der Waals surface area (Å²) in [7, 11) is 0. The number of nitrogens with one attached hydrogen (secondary N) is 2. The highest BCUT2D eigenvalue weighted by molar-refractivity contribution is 7.10. The minimum Gasteiger partial charge on any atom is -0.325 e. The van der Waals surface area contributed by atoms with Gasteiger partial charge < -0.3 is 5.32 Å². The second-order valence-corrected chi connectivity index (χ2v) is 6.82. The first-order valence-corrected chi connectivity index (χ1v) is 9.34. The van der Waals surface area contributed by atoms with E-state index < -0.39 is 0 Å². The molecule has 128 valence electrons. The molecule has 1 atom stereocenters. The van der Waals surface area contributed by atoms with Crippen LogP contribution in [0.5, 0.6) is 0 Å². The van der Waals surface area contributed by atoms with Crippen LogP contribution in [0, 0.1) is 0 Å². The molecule has 0 bridgehead atoms. The van der Waals surface area contributed by atoms with Gasteiger partial charge in [0.05, 0.1) is 12.6 Å². The minimum atomic E-state index is -0.0364. The predicted octanol–water partition coefficient (Wildman–Crippen LogP) is 4.63. The predicted molar refractivity (Wildman–Crippen MR) is 105 cm³/mol. The van der Waals surface area contributed by atoms with Crippen molar-refractivity contribution in [1.82, 2.24) is 5.32 Å². The zero-order valence-corrected chi connectivity index (χ0v) is 15.1. The van der Waals surface area contributed by atoms with Crippen LogP contribution in [0.1, 0.15) is 29.0 Å². The number of carbonyl (C=O) groups is 1. The van der Waals surface area contributed by atoms with Gasteiger partial charge in [-0.1, -0.05) is 55.5 Å². The van der Waals surface area contributed by atoms with Crippen molar-refractivity contribution in [1.29, 1.82) is 0 Å². The summed E-state index contributed by atoms with van der Waals surface area (Å²) < 4.78 is 0. The minimum absolute atomic E-state index is 0.0222. The first-order chi connectivity index (χ1) is 12.3. The van der Waals surface area contributed by atoms with Gasteiger partial charge in [0.25, 0.3) is 0 Å². The third kappa shape index (κ3) is 4.78. The van der Waals surface area contributed by atoms with Crippen LogP contribution in [0.15, 0.2) is 72.1 Å². The van der Waals surface area contributed by atoms with E-state index in [1.165, 1.54) is 10.4 Å². The van der Waals surface area contributed by atoms with Gasteiger partial charge in [0, 0.05) is 10.6 Å². The molecular formula is C21H22N2OS. The summed E-state index contributed by atoms with van der Waals surface area (Å²) in [4.78, 5) is 13.5. The van der Waals surface area contributed by atoms with E-state index in [4.69, 9.17) is 0 Å². The Morgan fingerprint density at radius 2 is 1.88 bits per heavy atom. The topological polar surface area (TPSA) is 41.1 Å². The molecule has 1 amide bonds. The summed E-state index contributed by atoms with van der Waals surface area (Å²) in [5.41, 5.74) is 3.22. The van der Waals surface area contributed by atoms with Crippen molar-refractivity contribution in [2.45, 2.75) is 19.4 Å². The number of hydrogen-bond donors (Lipinski definition) is 2. The van der Waals surface area contributed by atoms with Gasteiger partial charge in [0.1, 0.15) is 0 Å². The molecule has 3 rings (SSSR count). The van der Waals surface area contributed by atoms with Crippen LogP contribution >= 0.6 is 11.3 Å². The molecule has 4 heteroatoms. The Kier molecular flexibility index (Phi) is 5.99. The first kappa shape index (κ1) is 17.4. The normalized spacial score (nSPS) is 11.9. The van der Waals surface area contributed by atoms with E-state index in [0.29, 0.717) is 0 Å². The van der Waals surface area contributed by atoms with E-state index in [2.05, 4.69) is 47.2 Å². The average Bonchev–Trinajstić information content (AvgIpc) is 3.17. The van der Waals surface area contributed by atoms with Crippen LogP contribution in [0.4, 0.5) is 5.69 Å². The van der Waals surface area contributed by atoms with Gasteiger partial charge in [-0.3, -0.25) is 10.1 Å². The zero-order chi connectivity index (χ0) is 17.5. The molecular weight excluding hydrogens is 328 g/mol. The monoisotopic (exact) mass is 350 g/mol. The third-order valence-corrected chi connectivity index (χ3v) is 4.98. The lowest BCUT2D eigenvalue weighted by Crippen LogP contribution is -2.31. The van der Waals surface area contributed by atoms with Gasteiger partial charge >= 0.3 is 0 Å². The summed E-state index contributed by atoms with van der Waals surface area (Å²) in [5.74, 6) is -0.0364. The highest BCUT2D eigenvalue weighted by atomic mass is 32.1. The van der Waals surface area contributed by atoms with Crippen LogP contribution in [0.3, 0.4) is 0 Å². The summed E-state index contributed by atoms with van der Waals surface area (Å²) in [6.07, 6.45) is 0.955. The quantitative estimate of drug-likeness (QED) is 0.652. The van der Waals surface area contributed by atoms with Crippen molar-refractivity contribution in [2.24, 2.45) is 0 Å². The maximum atomic E-state index is 12.3. The summed E-state index contributed by atoms with van der Waals surface area (Å²) >= 11 is 1.69. The van der Waals surface area contributed by atoms with Crippen LogP contribution in [0.2, 0.25) is 0 Å². The zero-order valence-electron chi connectivity index (χ0n) is 14.2. The molecule has 0 fully saturated rings. The Morgan fingerprint density at radius 3 is 2.60 bits per heavy atom. The summed E-state index contributed by atoms with van der Waals surface area (Å²) in [6, 6.07) is 22.3. The van der Waals surface area contributed by atoms with Gasteiger partial charge in [0.2, 0.25) is 5.91 Å². The SMILES string of the molecule is CCc1cccc(NC(=O)CN[C@H](c2ccccc2)c2cccs2)c1. The lowest BCUT2D eigenvalue weighted by Gasteiger charge is -2.18. The fourth-order valence-corrected chi connectivity index (χ4v) is 3.58. The van der Waals surface area contributed by atoms with Crippen molar-refractivity contribution in [2.75, 3.05) is 11.9 Å². The third-order valence-electron chi connectivity index (χ3n) is 4.05. The van der Waals surface area contributed by atoms with E-state index in [-0.39, 0.29) is 18.5 Å². The van der Waals surface area contributed by atoms with E-state index in [1.807, 2.05) is 42.5 Å². The van der Waals surface area contributed by atoms with Crippen molar-refractivity contribution in [3.05, 3.63) is 88.1 Å². The molecule has 0 unspecified atom stereocenters. The lowest BCUT2D eigenvalue weighted by atomic mass is 10.1. The molecule has 0 aliphatic rings. The Balaban J connectivity index is 1.66. The van der Waals surface area contributed by atoms with Crippen LogP contribution in [-0.2, 0) is 11.2 Å². The van der Waals surface area contributed by atoms with Crippen LogP contribution < -0.4 is 10.6 Å². The first-order valence-electron chi connectivity index (χ1n) is 8.47. The Morgan fingerprint density at radius 1 is 1.04 bits per heavy atom. The van der Waals surface area contributed by atoms with E-state index in [9.17, 15) is 4.79 Å². The number of benzene rings is 2. The number of aryl methyl sites for hydroxylation is 1. The molecule has 0 radical (unpaired) electrons. The molecule has 0 saturated heterocycles. The van der Waals surface area contributed by atoms with Crippen molar-refractivity contribution < 1.29 is 4.79 Å². The molecule has 0 spiro atoms. The number of hydrogen-bond acceptors (Lipinski definition) is 3. The van der Waals surface area contributed by atoms with Crippen molar-refractivity contribution >= 4 is 22.9 Å². The van der Waals surface area contributed by atoms with Crippen molar-refractivity contribution in [3.63, 3.8) is 0 Å². The van der Waals surface area contributed by atoms with Crippen LogP contribution in [-0.4, -0.2) is 12.5 Å². The molecule has 2 aromatic carbocycles. The fourth-order valence-electron chi connectivity index (χ4n) is 2.75. The molecule has 1 heterocycles. The molecule has 0 saturated carbocycles. The number of carbonyl (C=O) groups excluding carboxylic acids is 1. The summed E-state index contributed by atoms with van der Waals surface area (Å²) in [6.45, 7) is 2.36. The smallest absolute Gasteiger partial charge is 0.238 e. The van der Waals surface area contributed by atoms with E-state index in [0.717, 1.165) is 17.7 Å².